The summed E-state index contributed by atoms with van der Waals surface area (Å²) in [4.78, 5) is 11.8. The van der Waals surface area contributed by atoms with Crippen molar-refractivity contribution in [2.75, 3.05) is 13.2 Å². The Kier molecular flexibility index (Phi) is 5.20. The fraction of sp³-hybridized carbons (Fsp3) is 0.500. The van der Waals surface area contributed by atoms with Crippen molar-refractivity contribution in [2.45, 2.75) is 31.9 Å². The average Bonchev–Trinajstić information content (AvgIpc) is 2.91. The number of amides is 1. The Bertz CT molecular complexity index is 477. The number of carbonyl (C=O) groups excluding carboxylic acids is 1. The van der Waals surface area contributed by atoms with Crippen LogP contribution in [0.3, 0.4) is 0 Å². The van der Waals surface area contributed by atoms with Crippen molar-refractivity contribution in [1.82, 2.24) is 5.32 Å². The molecule has 0 unspecified atom stereocenters. The third-order valence-electron chi connectivity index (χ3n) is 3.16. The zero-order valence-corrected chi connectivity index (χ0v) is 12.0. The second kappa shape index (κ2) is 6.90. The summed E-state index contributed by atoms with van der Waals surface area (Å²) in [5, 5.41) is 2.96. The van der Waals surface area contributed by atoms with Gasteiger partial charge in [-0.3, -0.25) is 4.79 Å². The highest BCUT2D eigenvalue weighted by molar-refractivity contribution is 6.32. The lowest BCUT2D eigenvalue weighted by molar-refractivity contribution is -0.124. The minimum absolute atomic E-state index is 0.0581. The van der Waals surface area contributed by atoms with Crippen LogP contribution in [0.1, 0.15) is 19.8 Å². The molecule has 4 nitrogen and oxygen atoms in total. The monoisotopic (exact) mass is 301 g/mol. The van der Waals surface area contributed by atoms with E-state index in [9.17, 15) is 9.18 Å². The maximum absolute atomic E-state index is 12.9. The van der Waals surface area contributed by atoms with Gasteiger partial charge in [0.1, 0.15) is 11.6 Å². The van der Waals surface area contributed by atoms with E-state index in [0.717, 1.165) is 25.5 Å². The van der Waals surface area contributed by atoms with Gasteiger partial charge < -0.3 is 14.8 Å². The van der Waals surface area contributed by atoms with Crippen molar-refractivity contribution in [1.29, 1.82) is 0 Å². The molecule has 0 aliphatic carbocycles. The fourth-order valence-corrected chi connectivity index (χ4v) is 2.34. The van der Waals surface area contributed by atoms with Crippen LogP contribution in [-0.4, -0.2) is 31.3 Å². The van der Waals surface area contributed by atoms with Crippen molar-refractivity contribution in [3.05, 3.63) is 29.0 Å². The lowest BCUT2D eigenvalue weighted by atomic mass is 10.1. The molecule has 0 saturated carbocycles. The molecule has 20 heavy (non-hydrogen) atoms. The van der Waals surface area contributed by atoms with Gasteiger partial charge in [0.25, 0.3) is 5.91 Å². The molecule has 2 atom stereocenters. The van der Waals surface area contributed by atoms with Crippen LogP contribution in [-0.2, 0) is 9.53 Å². The molecule has 2 rings (SSSR count). The molecule has 0 spiro atoms. The summed E-state index contributed by atoms with van der Waals surface area (Å²) in [6.45, 7) is 2.48. The van der Waals surface area contributed by atoms with Gasteiger partial charge in [0.05, 0.1) is 17.2 Å². The second-order valence-electron chi connectivity index (χ2n) is 4.77. The molecule has 1 aromatic carbocycles. The number of hydrogen-bond donors (Lipinski definition) is 1. The van der Waals surface area contributed by atoms with Gasteiger partial charge in [-0.1, -0.05) is 11.6 Å². The second-order valence-corrected chi connectivity index (χ2v) is 5.18. The molecule has 1 saturated heterocycles. The molecule has 0 aromatic heterocycles. The van der Waals surface area contributed by atoms with Crippen LogP contribution in [0.2, 0.25) is 5.02 Å². The van der Waals surface area contributed by atoms with Gasteiger partial charge in [-0.15, -0.1) is 0 Å². The van der Waals surface area contributed by atoms with Gasteiger partial charge in [-0.2, -0.15) is 0 Å². The predicted octanol–water partition coefficient (Wildman–Crippen LogP) is 2.54. The largest absolute Gasteiger partial charge is 0.482 e. The summed E-state index contributed by atoms with van der Waals surface area (Å²) in [7, 11) is 0. The smallest absolute Gasteiger partial charge is 0.258 e. The summed E-state index contributed by atoms with van der Waals surface area (Å²) in [5.74, 6) is -0.416. The van der Waals surface area contributed by atoms with Gasteiger partial charge in [0.15, 0.2) is 6.61 Å². The number of ether oxygens (including phenoxy) is 2. The Hall–Kier alpha value is -1.33. The molecule has 1 aromatic rings. The van der Waals surface area contributed by atoms with Crippen LogP contribution in [0.15, 0.2) is 18.2 Å². The van der Waals surface area contributed by atoms with Crippen LogP contribution >= 0.6 is 11.6 Å². The maximum atomic E-state index is 12.9. The SMILES string of the molecule is C[C@H](NC(=O)COc1ccc(F)cc1Cl)[C@H]1CCCO1. The third kappa shape index (κ3) is 4.08. The molecule has 0 bridgehead atoms. The van der Waals surface area contributed by atoms with Crippen LogP contribution in [0.5, 0.6) is 5.75 Å². The topological polar surface area (TPSA) is 47.6 Å². The van der Waals surface area contributed by atoms with Gasteiger partial charge in [-0.05, 0) is 38.0 Å². The number of benzene rings is 1. The molecule has 1 aliphatic heterocycles. The van der Waals surface area contributed by atoms with E-state index >= 15 is 0 Å². The summed E-state index contributed by atoms with van der Waals surface area (Å²) in [5.41, 5.74) is 0. The lowest BCUT2D eigenvalue weighted by Gasteiger charge is -2.20. The van der Waals surface area contributed by atoms with E-state index in [2.05, 4.69) is 5.32 Å². The summed E-state index contributed by atoms with van der Waals surface area (Å²) < 4.78 is 23.6. The van der Waals surface area contributed by atoms with Crippen molar-refractivity contribution < 1.29 is 18.7 Å². The summed E-state index contributed by atoms with van der Waals surface area (Å²) in [6.07, 6.45) is 2.03. The van der Waals surface area contributed by atoms with Crippen molar-refractivity contribution in [2.24, 2.45) is 0 Å². The molecule has 1 amide bonds. The fourth-order valence-electron chi connectivity index (χ4n) is 2.12. The number of halogens is 2. The number of nitrogens with one attached hydrogen (secondary N) is 1. The molecular formula is C14H17ClFNO3. The van der Waals surface area contributed by atoms with Gasteiger partial charge >= 0.3 is 0 Å². The number of hydrogen-bond acceptors (Lipinski definition) is 3. The molecule has 1 fully saturated rings. The zero-order valence-electron chi connectivity index (χ0n) is 11.2. The normalized spacial score (nSPS) is 19.6. The van der Waals surface area contributed by atoms with E-state index < -0.39 is 5.82 Å². The molecule has 1 heterocycles. The highest BCUT2D eigenvalue weighted by Crippen LogP contribution is 2.24. The molecular weight excluding hydrogens is 285 g/mol. The highest BCUT2D eigenvalue weighted by atomic mass is 35.5. The Labute approximate surface area is 122 Å². The molecule has 1 aliphatic rings. The van der Waals surface area contributed by atoms with E-state index in [0.29, 0.717) is 0 Å². The predicted molar refractivity (Wildman–Crippen MR) is 73.5 cm³/mol. The van der Waals surface area contributed by atoms with E-state index in [1.165, 1.54) is 12.1 Å². The first kappa shape index (κ1) is 15.1. The Balaban J connectivity index is 1.79. The number of rotatable bonds is 5. The lowest BCUT2D eigenvalue weighted by Crippen LogP contribution is -2.42. The van der Waals surface area contributed by atoms with Crippen molar-refractivity contribution >= 4 is 17.5 Å². The van der Waals surface area contributed by atoms with Crippen LogP contribution < -0.4 is 10.1 Å². The summed E-state index contributed by atoms with van der Waals surface area (Å²) in [6, 6.07) is 3.71. The Morgan fingerprint density at radius 3 is 3.10 bits per heavy atom. The Morgan fingerprint density at radius 1 is 1.65 bits per heavy atom. The molecule has 0 radical (unpaired) electrons. The van der Waals surface area contributed by atoms with E-state index in [4.69, 9.17) is 21.1 Å². The summed E-state index contributed by atoms with van der Waals surface area (Å²) >= 11 is 5.81. The first-order chi connectivity index (χ1) is 9.56. The van der Waals surface area contributed by atoms with E-state index in [-0.39, 0.29) is 35.4 Å². The minimum atomic E-state index is -0.446. The number of carbonyl (C=O) groups is 1. The van der Waals surface area contributed by atoms with Crippen molar-refractivity contribution in [3.63, 3.8) is 0 Å². The van der Waals surface area contributed by atoms with Crippen LogP contribution in [0.4, 0.5) is 4.39 Å². The average molecular weight is 302 g/mol. The minimum Gasteiger partial charge on any atom is -0.482 e. The van der Waals surface area contributed by atoms with E-state index in [1.807, 2.05) is 6.92 Å². The van der Waals surface area contributed by atoms with Gasteiger partial charge in [0, 0.05) is 6.61 Å². The molecule has 1 N–H and O–H groups in total. The van der Waals surface area contributed by atoms with Crippen molar-refractivity contribution in [3.8, 4) is 5.75 Å². The third-order valence-corrected chi connectivity index (χ3v) is 3.46. The first-order valence-corrected chi connectivity index (χ1v) is 6.93. The zero-order chi connectivity index (χ0) is 14.5. The van der Waals surface area contributed by atoms with Crippen LogP contribution in [0.25, 0.3) is 0 Å². The molecule has 110 valence electrons. The quantitative estimate of drug-likeness (QED) is 0.909. The highest BCUT2D eigenvalue weighted by Gasteiger charge is 2.23. The Morgan fingerprint density at radius 2 is 2.45 bits per heavy atom. The maximum Gasteiger partial charge on any atom is 0.258 e. The van der Waals surface area contributed by atoms with Gasteiger partial charge in [0.2, 0.25) is 0 Å². The standard InChI is InChI=1S/C14H17ClFNO3/c1-9(12-3-2-6-19-12)17-14(18)8-20-13-5-4-10(16)7-11(13)15/h4-5,7,9,12H,2-3,6,8H2,1H3,(H,17,18)/t9-,12+/m0/s1. The molecule has 6 heteroatoms. The van der Waals surface area contributed by atoms with E-state index in [1.54, 1.807) is 0 Å². The van der Waals surface area contributed by atoms with Gasteiger partial charge in [-0.25, -0.2) is 4.39 Å². The first-order valence-electron chi connectivity index (χ1n) is 6.55. The van der Waals surface area contributed by atoms with Crippen LogP contribution in [0, 0.1) is 5.82 Å².